The Hall–Kier alpha value is -9.54. The zero-order valence-electron chi connectivity index (χ0n) is 46.5. The van der Waals surface area contributed by atoms with E-state index in [0.29, 0.717) is 42.5 Å². The van der Waals surface area contributed by atoms with Crippen LogP contribution in [-0.2, 0) is 81.5 Å². The van der Waals surface area contributed by atoms with Crippen LogP contribution in [0.2, 0.25) is 10.6 Å². The summed E-state index contributed by atoms with van der Waals surface area (Å²) in [5, 5.41) is 43.6. The van der Waals surface area contributed by atoms with Crippen LogP contribution in [0.4, 0.5) is 69.3 Å². The van der Waals surface area contributed by atoms with Crippen LogP contribution in [0.1, 0.15) is 0 Å². The zero-order chi connectivity index (χ0) is 71.0. The van der Waals surface area contributed by atoms with Crippen LogP contribution >= 0.6 is 23.2 Å². The van der Waals surface area contributed by atoms with Gasteiger partial charge in [-0.2, -0.15) is 88.8 Å². The average Bonchev–Trinajstić information content (AvgIpc) is 0.757. The minimum atomic E-state index is -5.61. The first-order chi connectivity index (χ1) is 44.9. The molecule has 97 heavy (non-hydrogen) atoms. The molecule has 0 amide bonds. The average molecular weight is 1530 g/mol. The van der Waals surface area contributed by atoms with Crippen molar-refractivity contribution in [3.8, 4) is 11.5 Å². The number of halogens is 2. The lowest BCUT2D eigenvalue weighted by molar-refractivity contribution is 0.471. The van der Waals surface area contributed by atoms with Gasteiger partial charge in [-0.05, 0) is 119 Å². The normalized spacial score (nSPS) is 12.9. The number of benzene rings is 8. The van der Waals surface area contributed by atoms with E-state index in [-0.39, 0.29) is 22.2 Å². The van der Waals surface area contributed by atoms with E-state index in [0.717, 1.165) is 42.5 Å². The molecule has 10 rings (SSSR count). The quantitative estimate of drug-likeness (QED) is 0.0197. The second-order valence-corrected chi connectivity index (χ2v) is 30.7. The number of hydrogen-bond acceptors (Lipinski definition) is 32. The molecule has 0 atom stereocenters. The minimum absolute atomic E-state index is 0.105. The molecular formula is C48H32Cl2N14O25S8. The summed E-state index contributed by atoms with van der Waals surface area (Å²) in [4.78, 5) is 15.6. The molecule has 0 aliphatic heterocycles. The van der Waals surface area contributed by atoms with E-state index in [2.05, 4.69) is 71.6 Å². The van der Waals surface area contributed by atoms with Crippen molar-refractivity contribution in [1.29, 1.82) is 0 Å². The second kappa shape index (κ2) is 25.5. The summed E-state index contributed by atoms with van der Waals surface area (Å²) in [5.74, 6) is -5.03. The van der Waals surface area contributed by atoms with E-state index in [4.69, 9.17) is 23.2 Å². The number of anilines is 8. The van der Waals surface area contributed by atoms with Crippen molar-refractivity contribution in [2.45, 2.75) is 39.2 Å². The molecule has 10 aromatic rings. The summed E-state index contributed by atoms with van der Waals surface area (Å²) in [6, 6.07) is 15.4. The molecule has 0 saturated heterocycles. The Kier molecular flexibility index (Phi) is 18.4. The molecule has 0 fully saturated rings. The van der Waals surface area contributed by atoms with Crippen LogP contribution < -0.4 is 21.3 Å². The summed E-state index contributed by atoms with van der Waals surface area (Å²) in [7, 11) is -40.7. The van der Waals surface area contributed by atoms with E-state index >= 15 is 0 Å². The van der Waals surface area contributed by atoms with Crippen molar-refractivity contribution in [2.75, 3.05) is 21.3 Å². The minimum Gasteiger partial charge on any atom is -0.505 e. The first-order valence-corrected chi connectivity index (χ1v) is 37.1. The first-order valence-electron chi connectivity index (χ1n) is 25.1. The van der Waals surface area contributed by atoms with Crippen LogP contribution in [0, 0.1) is 0 Å². The summed E-state index contributed by atoms with van der Waals surface area (Å²) >= 11 is 12.4. The van der Waals surface area contributed by atoms with E-state index in [1.54, 1.807) is 0 Å². The maximum atomic E-state index is 13.0. The largest absolute Gasteiger partial charge is 0.505 e. The molecule has 0 bridgehead atoms. The molecule has 0 unspecified atom stereocenters. The Morgan fingerprint density at radius 3 is 1.25 bits per heavy atom. The van der Waals surface area contributed by atoms with Crippen molar-refractivity contribution >= 4 is 206 Å². The first kappa shape index (κ1) is 70.3. The molecule has 506 valence electrons. The molecule has 13 N–H and O–H groups in total. The van der Waals surface area contributed by atoms with Gasteiger partial charge < -0.3 is 31.5 Å². The smallest absolute Gasteiger partial charge is 0.297 e. The third-order valence-corrected chi connectivity index (χ3v) is 20.1. The van der Waals surface area contributed by atoms with E-state index < -0.39 is 222 Å². The van der Waals surface area contributed by atoms with Crippen LogP contribution in [-0.4, -0.2) is 139 Å². The standard InChI is InChI=1S/C48H32Cl2N14O25S8/c49-43-55-45(51-21-3-1-4-23(15-21)90(67)68)59-47(57-43)53-31-18-25(92(72,73)74)12-20-14-35(96(84,85)86)39(41(66)37(20)31)64-62-29-16-22(7-10-33(29)94(78,79)80)52-46-56-44(50)58-48(60-46)54-30-17-24(91(69,70)71)11-19-13-34(95(81,82)83)38(40(65)36(19)30)63-61-28-9-8-26-27(42(28)97(87,88)89)5-2-6-32(26)93(75,76)77/h1-18,65-66,90H,(H,69,70,71)(H,72,73,74)(H,75,76,77)(H,78,79,80)(H,81,82,83)(H,84,85,86)(H,87,88,89)(H2,51,53,55,57,59)(H2,52,54,56,58,60)/b63-61+,64-62+. The van der Waals surface area contributed by atoms with Gasteiger partial charge in [0.05, 0.1) is 26.1 Å². The summed E-state index contributed by atoms with van der Waals surface area (Å²) in [5.41, 5.74) is -5.88. The summed E-state index contributed by atoms with van der Waals surface area (Å²) in [6.07, 6.45) is 0. The highest BCUT2D eigenvalue weighted by molar-refractivity contribution is 7.87. The molecule has 2 heterocycles. The van der Waals surface area contributed by atoms with Gasteiger partial charge in [-0.15, -0.1) is 20.5 Å². The van der Waals surface area contributed by atoms with E-state index in [1.165, 1.54) is 24.3 Å². The Bertz CT molecular complexity index is 6110. The summed E-state index contributed by atoms with van der Waals surface area (Å²) in [6.45, 7) is 0. The number of hydrogen-bond donors (Lipinski definition) is 14. The third kappa shape index (κ3) is 15.3. The van der Waals surface area contributed by atoms with Crippen LogP contribution in [0.3, 0.4) is 0 Å². The monoisotopic (exact) mass is 1530 g/mol. The topological polar surface area (TPSA) is 630 Å². The highest BCUT2D eigenvalue weighted by Gasteiger charge is 2.30. The lowest BCUT2D eigenvalue weighted by Crippen LogP contribution is -2.06. The Morgan fingerprint density at radius 1 is 0.381 bits per heavy atom. The van der Waals surface area contributed by atoms with Crippen molar-refractivity contribution < 1.29 is 109 Å². The Morgan fingerprint density at radius 2 is 0.814 bits per heavy atom. The van der Waals surface area contributed by atoms with Gasteiger partial charge in [-0.1, -0.05) is 24.3 Å². The van der Waals surface area contributed by atoms with Crippen molar-refractivity contribution in [2.24, 2.45) is 20.5 Å². The third-order valence-electron chi connectivity index (χ3n) is 12.9. The number of aromatic nitrogens is 6. The Labute approximate surface area is 553 Å². The van der Waals surface area contributed by atoms with Gasteiger partial charge >= 0.3 is 0 Å². The molecular weight excluding hydrogens is 1500 g/mol. The number of fused-ring (bicyclic) bond motifs is 3. The number of thiol groups is 1. The number of azo groups is 2. The van der Waals surface area contributed by atoms with Crippen molar-refractivity contribution in [3.05, 3.63) is 120 Å². The number of aromatic hydroxyl groups is 2. The van der Waals surface area contributed by atoms with Crippen LogP contribution in [0.25, 0.3) is 32.3 Å². The number of rotatable bonds is 20. The maximum Gasteiger partial charge on any atom is 0.297 e. The molecule has 0 aliphatic rings. The number of nitrogens with one attached hydrogen (secondary N) is 4. The molecule has 0 saturated carbocycles. The highest BCUT2D eigenvalue weighted by Crippen LogP contribution is 2.49. The van der Waals surface area contributed by atoms with Crippen LogP contribution in [0.15, 0.2) is 169 Å². The van der Waals surface area contributed by atoms with Gasteiger partial charge in [0.15, 0.2) is 22.2 Å². The lowest BCUT2D eigenvalue weighted by atomic mass is 10.1. The van der Waals surface area contributed by atoms with Gasteiger partial charge in [0.25, 0.3) is 70.8 Å². The molecule has 0 spiro atoms. The molecule has 0 aliphatic carbocycles. The fraction of sp³-hybridized carbons (Fsp3) is 0. The van der Waals surface area contributed by atoms with Gasteiger partial charge in [0, 0.05) is 32.9 Å². The van der Waals surface area contributed by atoms with Gasteiger partial charge in [0.2, 0.25) is 34.4 Å². The predicted octanol–water partition coefficient (Wildman–Crippen LogP) is 7.74. The molecule has 2 aromatic heterocycles. The zero-order valence-corrected chi connectivity index (χ0v) is 54.6. The number of phenolic OH excluding ortho intramolecular Hbond substituents is 2. The fourth-order valence-electron chi connectivity index (χ4n) is 9.09. The fourth-order valence-corrected chi connectivity index (χ4v) is 14.4. The molecule has 8 aromatic carbocycles. The van der Waals surface area contributed by atoms with Crippen molar-refractivity contribution in [1.82, 2.24) is 29.9 Å². The number of nitrogens with zero attached hydrogens (tertiary/aromatic N) is 10. The van der Waals surface area contributed by atoms with Gasteiger partial charge in [-0.3, -0.25) is 31.9 Å². The van der Waals surface area contributed by atoms with E-state index in [1.807, 2.05) is 0 Å². The highest BCUT2D eigenvalue weighted by atomic mass is 35.5. The molecule has 49 heteroatoms. The van der Waals surface area contributed by atoms with Crippen LogP contribution in [0.5, 0.6) is 11.5 Å². The number of phenols is 2. The second-order valence-electron chi connectivity index (χ2n) is 19.3. The molecule has 0 radical (unpaired) electrons. The summed E-state index contributed by atoms with van der Waals surface area (Å²) < 4.78 is 272. The lowest BCUT2D eigenvalue weighted by Gasteiger charge is -2.15. The van der Waals surface area contributed by atoms with Gasteiger partial charge in [-0.25, -0.2) is 8.42 Å². The maximum absolute atomic E-state index is 13.0. The van der Waals surface area contributed by atoms with Gasteiger partial charge in [0.1, 0.15) is 47.2 Å². The Balaban J connectivity index is 1.05. The van der Waals surface area contributed by atoms with Crippen molar-refractivity contribution in [3.63, 3.8) is 0 Å². The SMILES string of the molecule is O=[SH](=O)c1cccc(Nc2nc(Cl)nc(Nc3cc(S(=O)(=O)O)cc4cc(S(=O)(=O)O)c(/N=N/c5cc(Nc6nc(Cl)nc(Nc7cc(S(=O)(=O)O)cc8cc(S(=O)(=O)O)c(/N=N/c9ccc%10c(S(=O)(=O)O)cccc%10c9S(=O)(=O)O)c(O)c78)n6)ccc5S(=O)(=O)O)c(O)c34)n2)c1. The predicted molar refractivity (Wildman–Crippen MR) is 336 cm³/mol. The van der Waals surface area contributed by atoms with E-state index in [9.17, 15) is 109 Å². The molecule has 39 nitrogen and oxygen atoms in total.